The zero-order chi connectivity index (χ0) is 21.2. The van der Waals surface area contributed by atoms with Gasteiger partial charge in [-0.15, -0.1) is 0 Å². The van der Waals surface area contributed by atoms with E-state index in [9.17, 15) is 18.4 Å². The number of aliphatic carboxylic acids is 2. The lowest BCUT2D eigenvalue weighted by molar-refractivity contribution is -0.143. The van der Waals surface area contributed by atoms with Crippen LogP contribution in [0.3, 0.4) is 0 Å². The van der Waals surface area contributed by atoms with Crippen LogP contribution in [0.4, 0.5) is 14.5 Å². The van der Waals surface area contributed by atoms with Crippen molar-refractivity contribution in [2.24, 2.45) is 0 Å². The van der Waals surface area contributed by atoms with Crippen LogP contribution in [-0.2, 0) is 29.0 Å². The molecular weight excluding hydrogens is 382 g/mol. The summed E-state index contributed by atoms with van der Waals surface area (Å²) in [5, 5.41) is 22.3. The quantitative estimate of drug-likeness (QED) is 0.588. The molecule has 0 saturated carbocycles. The Kier molecular flexibility index (Phi) is 8.54. The number of carboxylic acids is 2. The second-order valence-electron chi connectivity index (χ2n) is 6.58. The van der Waals surface area contributed by atoms with E-state index >= 15 is 0 Å². The molecule has 2 aromatic carbocycles. The molecule has 6 nitrogen and oxygen atoms in total. The van der Waals surface area contributed by atoms with Crippen molar-refractivity contribution in [1.29, 1.82) is 0 Å². The van der Waals surface area contributed by atoms with Crippen molar-refractivity contribution in [3.8, 4) is 0 Å². The molecule has 8 heteroatoms. The Bertz CT molecular complexity index is 827. The van der Waals surface area contributed by atoms with Gasteiger partial charge < -0.3 is 20.8 Å². The average molecular weight is 406 g/mol. The number of nitrogens with one attached hydrogen (secondary N) is 2. The summed E-state index contributed by atoms with van der Waals surface area (Å²) < 4.78 is 27.0. The minimum atomic E-state index is -1.08. The van der Waals surface area contributed by atoms with Crippen LogP contribution in [0.5, 0.6) is 0 Å². The van der Waals surface area contributed by atoms with E-state index in [0.717, 1.165) is 37.1 Å². The average Bonchev–Trinajstić information content (AvgIpc) is 2.93. The zero-order valence-corrected chi connectivity index (χ0v) is 15.9. The van der Waals surface area contributed by atoms with Gasteiger partial charge in [-0.1, -0.05) is 18.2 Å². The molecule has 0 aromatic heterocycles. The van der Waals surface area contributed by atoms with E-state index in [0.29, 0.717) is 12.2 Å². The van der Waals surface area contributed by atoms with E-state index in [4.69, 9.17) is 10.2 Å². The molecule has 0 saturated heterocycles. The maximum atomic E-state index is 14.1. The molecule has 156 valence electrons. The first-order valence-corrected chi connectivity index (χ1v) is 9.29. The Morgan fingerprint density at radius 2 is 1.55 bits per heavy atom. The molecular formula is C21H24F2N2O4. The van der Waals surface area contributed by atoms with Crippen LogP contribution in [0, 0.1) is 11.6 Å². The molecule has 4 N–H and O–H groups in total. The van der Waals surface area contributed by atoms with Gasteiger partial charge in [-0.3, -0.25) is 9.59 Å². The molecule has 0 radical (unpaired) electrons. The van der Waals surface area contributed by atoms with E-state index < -0.39 is 11.9 Å². The molecule has 0 aliphatic carbocycles. The first-order valence-electron chi connectivity index (χ1n) is 9.29. The standard InChI is InChI=1S/C17H18F2N2.C4H6O4/c18-14-4-1-12(2-5-14)11-21-17-15-8-10-20-9-7-13(15)3-6-16(17)19;5-3(6)1-2-4(7)8/h1-6,20-21H,7-11H2;1-2H2,(H,5,6)(H,7,8). The highest BCUT2D eigenvalue weighted by molar-refractivity contribution is 5.75. The van der Waals surface area contributed by atoms with E-state index in [1.807, 2.05) is 6.07 Å². The number of carboxylic acid groups (broad SMARTS) is 2. The second kappa shape index (κ2) is 11.1. The molecule has 0 fully saturated rings. The summed E-state index contributed by atoms with van der Waals surface area (Å²) in [5.74, 6) is -2.64. The van der Waals surface area contributed by atoms with Gasteiger partial charge in [0.2, 0.25) is 0 Å². The third-order valence-corrected chi connectivity index (χ3v) is 4.42. The summed E-state index contributed by atoms with van der Waals surface area (Å²) >= 11 is 0. The maximum Gasteiger partial charge on any atom is 0.303 e. The SMILES string of the molecule is Fc1ccc(CNc2c(F)ccc3c2CCNCC3)cc1.O=C(O)CCC(=O)O. The van der Waals surface area contributed by atoms with Crippen LogP contribution >= 0.6 is 0 Å². The summed E-state index contributed by atoms with van der Waals surface area (Å²) in [6, 6.07) is 9.66. The van der Waals surface area contributed by atoms with Crippen LogP contribution in [-0.4, -0.2) is 35.2 Å². The van der Waals surface area contributed by atoms with Crippen molar-refractivity contribution in [3.63, 3.8) is 0 Å². The van der Waals surface area contributed by atoms with E-state index in [-0.39, 0.29) is 24.5 Å². The molecule has 1 heterocycles. The summed E-state index contributed by atoms with van der Waals surface area (Å²) in [6.07, 6.45) is 1.14. The van der Waals surface area contributed by atoms with Crippen molar-refractivity contribution < 1.29 is 28.6 Å². The minimum Gasteiger partial charge on any atom is -0.481 e. The van der Waals surface area contributed by atoms with Crippen LogP contribution < -0.4 is 10.6 Å². The Balaban J connectivity index is 0.000000321. The number of anilines is 1. The molecule has 0 unspecified atom stereocenters. The maximum absolute atomic E-state index is 14.1. The highest BCUT2D eigenvalue weighted by Gasteiger charge is 2.15. The lowest BCUT2D eigenvalue weighted by Gasteiger charge is -2.15. The van der Waals surface area contributed by atoms with Gasteiger partial charge in [-0.25, -0.2) is 8.78 Å². The Morgan fingerprint density at radius 3 is 2.17 bits per heavy atom. The molecule has 1 aliphatic heterocycles. The molecule has 29 heavy (non-hydrogen) atoms. The molecule has 3 rings (SSSR count). The number of rotatable bonds is 6. The van der Waals surface area contributed by atoms with Gasteiger partial charge in [-0.05, 0) is 60.8 Å². The van der Waals surface area contributed by atoms with Crippen LogP contribution in [0.2, 0.25) is 0 Å². The van der Waals surface area contributed by atoms with E-state index in [1.54, 1.807) is 12.1 Å². The third kappa shape index (κ3) is 7.50. The van der Waals surface area contributed by atoms with Crippen molar-refractivity contribution in [2.45, 2.75) is 32.2 Å². The fourth-order valence-electron chi connectivity index (χ4n) is 2.94. The van der Waals surface area contributed by atoms with Crippen molar-refractivity contribution in [2.75, 3.05) is 18.4 Å². The molecule has 0 spiro atoms. The minimum absolute atomic E-state index is 0.224. The summed E-state index contributed by atoms with van der Waals surface area (Å²) in [7, 11) is 0. The number of carbonyl (C=O) groups is 2. The van der Waals surface area contributed by atoms with Gasteiger partial charge >= 0.3 is 11.9 Å². The number of benzene rings is 2. The predicted molar refractivity (Wildman–Crippen MR) is 105 cm³/mol. The topological polar surface area (TPSA) is 98.7 Å². The van der Waals surface area contributed by atoms with Gasteiger partial charge in [0, 0.05) is 6.54 Å². The summed E-state index contributed by atoms with van der Waals surface area (Å²) in [4.78, 5) is 19.3. The van der Waals surface area contributed by atoms with Gasteiger partial charge in [0.1, 0.15) is 11.6 Å². The van der Waals surface area contributed by atoms with E-state index in [1.165, 1.54) is 23.8 Å². The summed E-state index contributed by atoms with van der Waals surface area (Å²) in [5.41, 5.74) is 3.77. The van der Waals surface area contributed by atoms with Crippen LogP contribution in [0.15, 0.2) is 36.4 Å². The first kappa shape index (κ1) is 22.3. The normalized spacial score (nSPS) is 12.8. The van der Waals surface area contributed by atoms with Gasteiger partial charge in [-0.2, -0.15) is 0 Å². The van der Waals surface area contributed by atoms with Crippen molar-refractivity contribution >= 4 is 17.6 Å². The highest BCUT2D eigenvalue weighted by atomic mass is 19.1. The molecule has 2 aromatic rings. The predicted octanol–water partition coefficient (Wildman–Crippen LogP) is 3.20. The lowest BCUT2D eigenvalue weighted by atomic mass is 10.00. The fraction of sp³-hybridized carbons (Fsp3) is 0.333. The van der Waals surface area contributed by atoms with Crippen molar-refractivity contribution in [1.82, 2.24) is 5.32 Å². The Morgan fingerprint density at radius 1 is 0.931 bits per heavy atom. The van der Waals surface area contributed by atoms with Crippen LogP contribution in [0.25, 0.3) is 0 Å². The van der Waals surface area contributed by atoms with Gasteiger partial charge in [0.25, 0.3) is 0 Å². The van der Waals surface area contributed by atoms with Crippen LogP contribution in [0.1, 0.15) is 29.5 Å². The highest BCUT2D eigenvalue weighted by Crippen LogP contribution is 2.26. The Labute approximate surface area is 167 Å². The molecule has 0 atom stereocenters. The Hall–Kier alpha value is -3.00. The molecule has 0 bridgehead atoms. The number of hydrogen-bond donors (Lipinski definition) is 4. The molecule has 1 aliphatic rings. The van der Waals surface area contributed by atoms with E-state index in [2.05, 4.69) is 10.6 Å². The summed E-state index contributed by atoms with van der Waals surface area (Å²) in [6.45, 7) is 2.28. The van der Waals surface area contributed by atoms with Crippen molar-refractivity contribution in [3.05, 3.63) is 64.7 Å². The third-order valence-electron chi connectivity index (χ3n) is 4.42. The monoisotopic (exact) mass is 406 g/mol. The largest absolute Gasteiger partial charge is 0.481 e. The zero-order valence-electron chi connectivity index (χ0n) is 15.9. The number of halogens is 2. The fourth-order valence-corrected chi connectivity index (χ4v) is 2.94. The first-order chi connectivity index (χ1) is 13.9. The smallest absolute Gasteiger partial charge is 0.303 e. The molecule has 0 amide bonds. The van der Waals surface area contributed by atoms with Gasteiger partial charge in [0.05, 0.1) is 18.5 Å². The second-order valence-corrected chi connectivity index (χ2v) is 6.58. The number of hydrogen-bond acceptors (Lipinski definition) is 4. The van der Waals surface area contributed by atoms with Gasteiger partial charge in [0.15, 0.2) is 0 Å². The lowest BCUT2D eigenvalue weighted by Crippen LogP contribution is -2.16. The number of fused-ring (bicyclic) bond motifs is 1.